The number of halogens is 1. The molecule has 1 heterocycles. The lowest BCUT2D eigenvalue weighted by Crippen LogP contribution is -2.13. The molecule has 0 aliphatic heterocycles. The van der Waals surface area contributed by atoms with Crippen molar-refractivity contribution in [2.45, 2.75) is 13.5 Å². The zero-order valence-electron chi connectivity index (χ0n) is 9.90. The molecule has 1 aromatic carbocycles. The van der Waals surface area contributed by atoms with Gasteiger partial charge in [0, 0.05) is 5.56 Å². The van der Waals surface area contributed by atoms with E-state index in [1.165, 1.54) is 12.1 Å². The largest absolute Gasteiger partial charge is 0.338 e. The highest BCUT2D eigenvalue weighted by Crippen LogP contribution is 2.18. The zero-order valence-corrected chi connectivity index (χ0v) is 9.90. The van der Waals surface area contributed by atoms with Crippen LogP contribution in [0.2, 0.25) is 0 Å². The van der Waals surface area contributed by atoms with Crippen LogP contribution in [-0.4, -0.2) is 16.7 Å². The summed E-state index contributed by atoms with van der Waals surface area (Å²) >= 11 is 0. The van der Waals surface area contributed by atoms with Gasteiger partial charge in [-0.3, -0.25) is 5.32 Å². The van der Waals surface area contributed by atoms with Crippen molar-refractivity contribution in [2.24, 2.45) is 0 Å². The molecule has 4 nitrogen and oxygen atoms in total. The van der Waals surface area contributed by atoms with Crippen molar-refractivity contribution in [1.82, 2.24) is 15.5 Å². The smallest absolute Gasteiger partial charge is 0.240 e. The van der Waals surface area contributed by atoms with E-state index in [1.54, 1.807) is 6.07 Å². The van der Waals surface area contributed by atoms with Crippen molar-refractivity contribution < 1.29 is 8.91 Å². The fraction of sp³-hybridized carbons (Fsp3) is 0.231. The second-order valence-electron chi connectivity index (χ2n) is 3.84. The summed E-state index contributed by atoms with van der Waals surface area (Å²) < 4.78 is 18.3. The molecule has 0 unspecified atom stereocenters. The van der Waals surface area contributed by atoms with E-state index in [1.807, 2.05) is 6.92 Å². The Hall–Kier alpha value is -2.19. The van der Waals surface area contributed by atoms with E-state index in [0.717, 1.165) is 5.56 Å². The molecule has 0 saturated carbocycles. The molecule has 1 aromatic heterocycles. The van der Waals surface area contributed by atoms with Crippen LogP contribution in [0.5, 0.6) is 0 Å². The highest BCUT2D eigenvalue weighted by Gasteiger charge is 2.09. The van der Waals surface area contributed by atoms with Gasteiger partial charge in [-0.1, -0.05) is 11.1 Å². The van der Waals surface area contributed by atoms with Crippen molar-refractivity contribution in [3.8, 4) is 23.7 Å². The third kappa shape index (κ3) is 2.93. The van der Waals surface area contributed by atoms with E-state index in [2.05, 4.69) is 21.4 Å². The standard InChI is InChI=1S/C13H12FN3O/c1-3-4-15-8-12-16-13(17-18-12)10-5-9(2)6-11(14)7-10/h1,5-7,15H,4,8H2,2H3. The summed E-state index contributed by atoms with van der Waals surface area (Å²) in [5.74, 6) is 2.91. The van der Waals surface area contributed by atoms with E-state index >= 15 is 0 Å². The Morgan fingerprint density at radius 1 is 1.44 bits per heavy atom. The predicted molar refractivity (Wildman–Crippen MR) is 65.0 cm³/mol. The Balaban J connectivity index is 2.16. The Kier molecular flexibility index (Phi) is 3.70. The molecule has 0 aliphatic rings. The summed E-state index contributed by atoms with van der Waals surface area (Å²) in [5.41, 5.74) is 1.40. The molecule has 2 aromatic rings. The van der Waals surface area contributed by atoms with Gasteiger partial charge in [-0.05, 0) is 30.7 Å². The van der Waals surface area contributed by atoms with Gasteiger partial charge in [0.1, 0.15) is 5.82 Å². The first-order chi connectivity index (χ1) is 8.69. The topological polar surface area (TPSA) is 51.0 Å². The van der Waals surface area contributed by atoms with Gasteiger partial charge in [0.2, 0.25) is 11.7 Å². The summed E-state index contributed by atoms with van der Waals surface area (Å²) in [6.07, 6.45) is 5.10. The molecular weight excluding hydrogens is 233 g/mol. The van der Waals surface area contributed by atoms with Gasteiger partial charge in [-0.15, -0.1) is 6.42 Å². The normalized spacial score (nSPS) is 10.3. The van der Waals surface area contributed by atoms with Gasteiger partial charge in [0.05, 0.1) is 13.1 Å². The van der Waals surface area contributed by atoms with Gasteiger partial charge in [-0.2, -0.15) is 4.98 Å². The van der Waals surface area contributed by atoms with Crippen LogP contribution in [-0.2, 0) is 6.54 Å². The maximum Gasteiger partial charge on any atom is 0.240 e. The quantitative estimate of drug-likeness (QED) is 0.660. The summed E-state index contributed by atoms with van der Waals surface area (Å²) in [5, 5.41) is 6.74. The second kappa shape index (κ2) is 5.43. The first kappa shape index (κ1) is 12.3. The number of rotatable bonds is 4. The number of hydrogen-bond acceptors (Lipinski definition) is 4. The number of nitrogens with zero attached hydrogens (tertiary/aromatic N) is 2. The van der Waals surface area contributed by atoms with Crippen molar-refractivity contribution in [1.29, 1.82) is 0 Å². The fourth-order valence-electron chi connectivity index (χ4n) is 1.55. The number of hydrogen-bond donors (Lipinski definition) is 1. The predicted octanol–water partition coefficient (Wildman–Crippen LogP) is 1.91. The van der Waals surface area contributed by atoms with Crippen molar-refractivity contribution in [3.05, 3.63) is 35.5 Å². The van der Waals surface area contributed by atoms with Crippen LogP contribution in [0.1, 0.15) is 11.5 Å². The summed E-state index contributed by atoms with van der Waals surface area (Å²) in [7, 11) is 0. The number of terminal acetylenes is 1. The van der Waals surface area contributed by atoms with Crippen molar-refractivity contribution >= 4 is 0 Å². The Morgan fingerprint density at radius 2 is 2.28 bits per heavy atom. The van der Waals surface area contributed by atoms with Crippen LogP contribution in [0.4, 0.5) is 4.39 Å². The molecule has 0 aliphatic carbocycles. The second-order valence-corrected chi connectivity index (χ2v) is 3.84. The van der Waals surface area contributed by atoms with Crippen LogP contribution >= 0.6 is 0 Å². The molecule has 2 rings (SSSR count). The maximum absolute atomic E-state index is 13.2. The molecule has 0 amide bonds. The maximum atomic E-state index is 13.2. The number of aryl methyl sites for hydroxylation is 1. The fourth-order valence-corrected chi connectivity index (χ4v) is 1.55. The minimum atomic E-state index is -0.318. The molecule has 18 heavy (non-hydrogen) atoms. The number of nitrogens with one attached hydrogen (secondary N) is 1. The molecule has 1 N–H and O–H groups in total. The van der Waals surface area contributed by atoms with Gasteiger partial charge >= 0.3 is 0 Å². The Labute approximate surface area is 104 Å². The number of benzene rings is 1. The van der Waals surface area contributed by atoms with Crippen molar-refractivity contribution in [2.75, 3.05) is 6.54 Å². The highest BCUT2D eigenvalue weighted by molar-refractivity contribution is 5.55. The molecule has 0 fully saturated rings. The summed E-state index contributed by atoms with van der Waals surface area (Å²) in [6, 6.07) is 4.61. The van der Waals surface area contributed by atoms with E-state index < -0.39 is 0 Å². The van der Waals surface area contributed by atoms with Crippen LogP contribution < -0.4 is 5.32 Å². The molecule has 0 bridgehead atoms. The molecule has 0 saturated heterocycles. The molecule has 5 heteroatoms. The first-order valence-corrected chi connectivity index (χ1v) is 5.43. The van der Waals surface area contributed by atoms with Crippen LogP contribution in [0, 0.1) is 25.1 Å². The van der Waals surface area contributed by atoms with Crippen LogP contribution in [0.15, 0.2) is 22.7 Å². The van der Waals surface area contributed by atoms with E-state index in [9.17, 15) is 4.39 Å². The van der Waals surface area contributed by atoms with Gasteiger partial charge < -0.3 is 4.52 Å². The summed E-state index contributed by atoms with van der Waals surface area (Å²) in [4.78, 5) is 4.16. The average Bonchev–Trinajstić information content (AvgIpc) is 2.77. The lowest BCUT2D eigenvalue weighted by molar-refractivity contribution is 0.370. The first-order valence-electron chi connectivity index (χ1n) is 5.43. The van der Waals surface area contributed by atoms with Gasteiger partial charge in [-0.25, -0.2) is 4.39 Å². The summed E-state index contributed by atoms with van der Waals surface area (Å²) in [6.45, 7) is 2.63. The molecule has 92 valence electrons. The zero-order chi connectivity index (χ0) is 13.0. The molecular formula is C13H12FN3O. The van der Waals surface area contributed by atoms with Crippen LogP contribution in [0.3, 0.4) is 0 Å². The Bertz CT molecular complexity index is 566. The van der Waals surface area contributed by atoms with E-state index in [4.69, 9.17) is 10.9 Å². The average molecular weight is 245 g/mol. The monoisotopic (exact) mass is 245 g/mol. The highest BCUT2D eigenvalue weighted by atomic mass is 19.1. The van der Waals surface area contributed by atoms with E-state index in [0.29, 0.717) is 30.4 Å². The molecule has 0 radical (unpaired) electrons. The lowest BCUT2D eigenvalue weighted by Gasteiger charge is -1.97. The SMILES string of the molecule is C#CCNCc1nc(-c2cc(C)cc(F)c2)no1. The van der Waals surface area contributed by atoms with Crippen molar-refractivity contribution in [3.63, 3.8) is 0 Å². The van der Waals surface area contributed by atoms with Gasteiger partial charge in [0.25, 0.3) is 0 Å². The lowest BCUT2D eigenvalue weighted by atomic mass is 10.1. The Morgan fingerprint density at radius 3 is 3.00 bits per heavy atom. The molecule has 0 spiro atoms. The minimum absolute atomic E-state index is 0.318. The molecule has 0 atom stereocenters. The number of aromatic nitrogens is 2. The minimum Gasteiger partial charge on any atom is -0.338 e. The van der Waals surface area contributed by atoms with Crippen LogP contribution in [0.25, 0.3) is 11.4 Å². The van der Waals surface area contributed by atoms with Gasteiger partial charge in [0.15, 0.2) is 0 Å². The third-order valence-corrected chi connectivity index (χ3v) is 2.27. The van der Waals surface area contributed by atoms with E-state index in [-0.39, 0.29) is 5.82 Å². The third-order valence-electron chi connectivity index (χ3n) is 2.27.